The van der Waals surface area contributed by atoms with Crippen molar-refractivity contribution in [2.45, 2.75) is 122 Å². The first-order valence-electron chi connectivity index (χ1n) is 13.3. The van der Waals surface area contributed by atoms with Gasteiger partial charge in [0.05, 0.1) is 12.3 Å². The number of hydrogen-bond acceptors (Lipinski definition) is 4. The zero-order valence-corrected chi connectivity index (χ0v) is 22.0. The highest BCUT2D eigenvalue weighted by molar-refractivity contribution is 6.23. The summed E-state index contributed by atoms with van der Waals surface area (Å²) in [6.07, 6.45) is 12.6. The largest absolute Gasteiger partial charge is 0.329 e. The minimum absolute atomic E-state index is 0.163. The van der Waals surface area contributed by atoms with Crippen molar-refractivity contribution in [3.8, 4) is 0 Å². The summed E-state index contributed by atoms with van der Waals surface area (Å²) in [5.41, 5.74) is -1.12. The summed E-state index contributed by atoms with van der Waals surface area (Å²) in [4.78, 5) is 34.1. The highest BCUT2D eigenvalue weighted by atomic mass is 16.7. The molecule has 0 saturated carbocycles. The molecular weight excluding hydrogens is 426 g/mol. The second-order valence-electron chi connectivity index (χ2n) is 11.4. The first-order chi connectivity index (χ1) is 16.1. The van der Waals surface area contributed by atoms with Crippen LogP contribution in [0, 0.1) is 0 Å². The Morgan fingerprint density at radius 3 is 1.91 bits per heavy atom. The van der Waals surface area contributed by atoms with E-state index in [1.54, 1.807) is 12.1 Å². The predicted molar refractivity (Wildman–Crippen MR) is 138 cm³/mol. The molecule has 0 aromatic heterocycles. The maximum atomic E-state index is 13.6. The Bertz CT molecular complexity index is 803. The van der Waals surface area contributed by atoms with Gasteiger partial charge in [0.1, 0.15) is 5.54 Å². The Labute approximate surface area is 206 Å². The molecule has 2 saturated heterocycles. The van der Waals surface area contributed by atoms with Gasteiger partial charge in [-0.2, -0.15) is 5.06 Å². The molecule has 2 aliphatic heterocycles. The quantitative estimate of drug-likeness (QED) is 0.276. The number of benzene rings is 1. The molecule has 0 radical (unpaired) electrons. The number of hydroxylamine groups is 2. The molecule has 34 heavy (non-hydrogen) atoms. The van der Waals surface area contributed by atoms with Crippen molar-refractivity contribution in [2.75, 3.05) is 11.5 Å². The number of anilines is 1. The summed E-state index contributed by atoms with van der Waals surface area (Å²) in [6.45, 7) is 11.4. The summed E-state index contributed by atoms with van der Waals surface area (Å²) in [7, 11) is 0. The van der Waals surface area contributed by atoms with Crippen LogP contribution in [0.25, 0.3) is 0 Å². The van der Waals surface area contributed by atoms with Crippen molar-refractivity contribution in [3.05, 3.63) is 30.3 Å². The predicted octanol–water partition coefficient (Wildman–Crippen LogP) is 6.60. The zero-order valence-electron chi connectivity index (χ0n) is 22.0. The molecule has 1 aromatic carbocycles. The number of carbonyl (C=O) groups is 2. The molecule has 2 aliphatic rings. The van der Waals surface area contributed by atoms with E-state index < -0.39 is 16.6 Å². The van der Waals surface area contributed by atoms with Crippen LogP contribution in [0.15, 0.2) is 30.3 Å². The van der Waals surface area contributed by atoms with Crippen LogP contribution in [0.1, 0.15) is 105 Å². The molecule has 6 heteroatoms. The zero-order chi connectivity index (χ0) is 24.8. The number of amides is 3. The van der Waals surface area contributed by atoms with Gasteiger partial charge in [-0.15, -0.1) is 0 Å². The lowest BCUT2D eigenvalue weighted by molar-refractivity contribution is -0.289. The van der Waals surface area contributed by atoms with Gasteiger partial charge in [-0.1, -0.05) is 76.5 Å². The lowest BCUT2D eigenvalue weighted by atomic mass is 9.70. The van der Waals surface area contributed by atoms with Crippen molar-refractivity contribution in [1.29, 1.82) is 0 Å². The fourth-order valence-corrected chi connectivity index (χ4v) is 6.09. The number of rotatable bonds is 12. The second-order valence-corrected chi connectivity index (χ2v) is 11.4. The fraction of sp³-hybridized carbons (Fsp3) is 0.714. The maximum Gasteiger partial charge on any atom is 0.329 e. The summed E-state index contributed by atoms with van der Waals surface area (Å²) in [5.74, 6) is -0.163. The molecular formula is C28H45N3O3. The minimum atomic E-state index is -0.919. The number of para-hydroxylation sites is 1. The van der Waals surface area contributed by atoms with Crippen molar-refractivity contribution in [2.24, 2.45) is 0 Å². The Morgan fingerprint density at radius 2 is 1.35 bits per heavy atom. The van der Waals surface area contributed by atoms with E-state index in [9.17, 15) is 9.59 Å². The average molecular weight is 472 g/mol. The second kappa shape index (κ2) is 11.2. The Balaban J connectivity index is 1.55. The third-order valence-electron chi connectivity index (χ3n) is 7.21. The molecule has 3 amide bonds. The van der Waals surface area contributed by atoms with Crippen molar-refractivity contribution < 1.29 is 14.4 Å². The van der Waals surface area contributed by atoms with E-state index in [0.717, 1.165) is 6.42 Å². The van der Waals surface area contributed by atoms with Crippen LogP contribution in [0.3, 0.4) is 0 Å². The molecule has 190 valence electrons. The van der Waals surface area contributed by atoms with Crippen LogP contribution in [-0.4, -0.2) is 40.2 Å². The Morgan fingerprint density at radius 1 is 0.824 bits per heavy atom. The van der Waals surface area contributed by atoms with Gasteiger partial charge < -0.3 is 5.32 Å². The third-order valence-corrected chi connectivity index (χ3v) is 7.21. The third kappa shape index (κ3) is 6.01. The summed E-state index contributed by atoms with van der Waals surface area (Å²) >= 11 is 0. The fourth-order valence-electron chi connectivity index (χ4n) is 6.09. The monoisotopic (exact) mass is 471 g/mol. The normalized spacial score (nSPS) is 21.3. The van der Waals surface area contributed by atoms with Gasteiger partial charge in [0.2, 0.25) is 0 Å². The van der Waals surface area contributed by atoms with Crippen LogP contribution >= 0.6 is 0 Å². The molecule has 1 aromatic rings. The van der Waals surface area contributed by atoms with Crippen LogP contribution in [-0.2, 0) is 9.63 Å². The summed E-state index contributed by atoms with van der Waals surface area (Å²) < 4.78 is 0. The molecule has 2 fully saturated rings. The Kier molecular flexibility index (Phi) is 8.80. The van der Waals surface area contributed by atoms with Gasteiger partial charge in [0.25, 0.3) is 5.91 Å². The van der Waals surface area contributed by atoms with Gasteiger partial charge in [-0.3, -0.25) is 9.63 Å². The number of imide groups is 1. The molecule has 0 atom stereocenters. The number of urea groups is 1. The van der Waals surface area contributed by atoms with E-state index >= 15 is 0 Å². The van der Waals surface area contributed by atoms with E-state index in [1.165, 1.54) is 56.3 Å². The lowest BCUT2D eigenvalue weighted by Gasteiger charge is -2.56. The number of piperidine rings is 1. The van der Waals surface area contributed by atoms with Gasteiger partial charge in [-0.05, 0) is 59.1 Å². The molecule has 6 nitrogen and oxygen atoms in total. The minimum Gasteiger partial charge on any atom is -0.323 e. The van der Waals surface area contributed by atoms with Gasteiger partial charge in [0.15, 0.2) is 0 Å². The highest BCUT2D eigenvalue weighted by Gasteiger charge is 2.62. The van der Waals surface area contributed by atoms with Gasteiger partial charge >= 0.3 is 6.03 Å². The van der Waals surface area contributed by atoms with E-state index in [1.807, 2.05) is 18.2 Å². The topological polar surface area (TPSA) is 61.9 Å². The number of hydrogen-bond donors (Lipinski definition) is 1. The number of carbonyl (C=O) groups excluding carboxylic acids is 2. The molecule has 0 bridgehead atoms. The van der Waals surface area contributed by atoms with Crippen molar-refractivity contribution in [3.63, 3.8) is 0 Å². The first-order valence-corrected chi connectivity index (χ1v) is 13.3. The number of nitrogens with zero attached hydrogens (tertiary/aromatic N) is 2. The van der Waals surface area contributed by atoms with E-state index in [4.69, 9.17) is 4.84 Å². The van der Waals surface area contributed by atoms with E-state index in [-0.39, 0.29) is 11.9 Å². The number of nitrogens with one attached hydrogen (secondary N) is 1. The first kappa shape index (κ1) is 26.7. The van der Waals surface area contributed by atoms with E-state index in [0.29, 0.717) is 25.1 Å². The van der Waals surface area contributed by atoms with Gasteiger partial charge in [-0.25, -0.2) is 9.69 Å². The average Bonchev–Trinajstić information content (AvgIpc) is 2.99. The van der Waals surface area contributed by atoms with Crippen LogP contribution in [0.5, 0.6) is 0 Å². The summed E-state index contributed by atoms with van der Waals surface area (Å²) in [5, 5.41) is 5.15. The SMILES string of the molecule is CCCCCCCCCCCON1C(C)(C)CC2(CC1(C)C)NC(=O)N(c1ccccc1)C2=O. The Hall–Kier alpha value is -1.92. The molecule has 1 N–H and O–H groups in total. The molecule has 0 unspecified atom stereocenters. The molecule has 3 rings (SSSR count). The summed E-state index contributed by atoms with van der Waals surface area (Å²) in [6, 6.07) is 8.83. The maximum absolute atomic E-state index is 13.6. The van der Waals surface area contributed by atoms with Crippen molar-refractivity contribution >= 4 is 17.6 Å². The molecule has 0 aliphatic carbocycles. The molecule has 2 heterocycles. The highest BCUT2D eigenvalue weighted by Crippen LogP contribution is 2.46. The number of unbranched alkanes of at least 4 members (excludes halogenated alkanes) is 8. The lowest BCUT2D eigenvalue weighted by Crippen LogP contribution is -2.69. The van der Waals surface area contributed by atoms with Crippen LogP contribution < -0.4 is 10.2 Å². The van der Waals surface area contributed by atoms with E-state index in [2.05, 4.69) is 45.0 Å². The smallest absolute Gasteiger partial charge is 0.323 e. The standard InChI is InChI=1S/C28H45N3O3/c1-6-7-8-9-10-11-12-13-17-20-34-31-26(2,3)21-28(22-27(31,4)5)24(32)30(25(33)29-28)23-18-15-14-16-19-23/h14-16,18-19H,6-13,17,20-22H2,1-5H3,(H,29,33). The van der Waals surface area contributed by atoms with Crippen LogP contribution in [0.2, 0.25) is 0 Å². The van der Waals surface area contributed by atoms with Crippen LogP contribution in [0.4, 0.5) is 10.5 Å². The van der Waals surface area contributed by atoms with Crippen molar-refractivity contribution in [1.82, 2.24) is 10.4 Å². The molecule has 1 spiro atoms. The van der Waals surface area contributed by atoms with Gasteiger partial charge in [0, 0.05) is 11.1 Å².